The molecule has 1 atom stereocenters. The Labute approximate surface area is 269 Å². The number of hydrogen-bond acceptors (Lipinski definition) is 6. The van der Waals surface area contributed by atoms with Crippen molar-refractivity contribution in [1.82, 2.24) is 0 Å². The first kappa shape index (κ1) is 33.0. The Balaban J connectivity index is 1.37. The number of thioether (sulfide) groups is 3. The molecule has 0 bridgehead atoms. The summed E-state index contributed by atoms with van der Waals surface area (Å²) in [5.74, 6) is 2.01. The highest BCUT2D eigenvalue weighted by atomic mass is 32.2. The van der Waals surface area contributed by atoms with E-state index >= 15 is 0 Å². The zero-order chi connectivity index (χ0) is 30.9. The molecule has 1 fully saturated rings. The molecule has 1 unspecified atom stereocenters. The van der Waals surface area contributed by atoms with Crippen LogP contribution in [-0.2, 0) is 0 Å². The van der Waals surface area contributed by atoms with E-state index in [9.17, 15) is 22.0 Å². The van der Waals surface area contributed by atoms with Crippen LogP contribution < -0.4 is 9.91 Å². The predicted octanol–water partition coefficient (Wildman–Crippen LogP) is 9.32. The van der Waals surface area contributed by atoms with Crippen molar-refractivity contribution in [2.45, 2.75) is 38.1 Å². The van der Waals surface area contributed by atoms with Crippen LogP contribution in [-0.4, -0.2) is 53.3 Å². The number of halogens is 5. The maximum Gasteiger partial charge on any atom is 0.184 e. The van der Waals surface area contributed by atoms with Gasteiger partial charge in [0, 0.05) is 49.0 Å². The molecule has 0 saturated carbocycles. The minimum absolute atomic E-state index is 0.163. The third-order valence-electron chi connectivity index (χ3n) is 7.56. The molecule has 2 heterocycles. The van der Waals surface area contributed by atoms with E-state index in [0.717, 1.165) is 73.0 Å². The average molecular weight is 666 g/mol. The first-order valence-corrected chi connectivity index (χ1v) is 18.4. The van der Waals surface area contributed by atoms with Crippen LogP contribution in [0.2, 0.25) is 0 Å². The maximum atomic E-state index is 15.0. The molecule has 2 aliphatic heterocycles. The summed E-state index contributed by atoms with van der Waals surface area (Å²) in [7, 11) is 0. The van der Waals surface area contributed by atoms with E-state index in [1.807, 2.05) is 47.8 Å². The van der Waals surface area contributed by atoms with Crippen LogP contribution in [0.3, 0.4) is 0 Å². The predicted molar refractivity (Wildman–Crippen MR) is 178 cm³/mol. The van der Waals surface area contributed by atoms with Gasteiger partial charge in [0.1, 0.15) is 23.1 Å². The van der Waals surface area contributed by atoms with Crippen molar-refractivity contribution in [3.05, 3.63) is 94.8 Å². The standard InChI is InChI=1S/C33H36F5N3S3/c34-25-17-24(18-26(35)19-25)30-22-31(41(39-30)32-21-27(36)20-29(37)33(32)38)23-5-7-28(8-6-23)40-9-1-11-42-13-3-15-44-16-4-14-43-12-2-10-40/h5-8,17-21,31H,1-4,9-16,22H2. The number of hydrogen-bond donors (Lipinski definition) is 0. The molecule has 236 valence electrons. The Hall–Kier alpha value is -2.37. The van der Waals surface area contributed by atoms with Crippen molar-refractivity contribution in [3.8, 4) is 0 Å². The summed E-state index contributed by atoms with van der Waals surface area (Å²) in [6.45, 7) is 1.88. The number of rotatable bonds is 4. The van der Waals surface area contributed by atoms with Gasteiger partial charge in [0.25, 0.3) is 0 Å². The smallest absolute Gasteiger partial charge is 0.184 e. The summed E-state index contributed by atoms with van der Waals surface area (Å²) in [6, 6.07) is 11.7. The Morgan fingerprint density at radius 3 is 1.77 bits per heavy atom. The molecule has 2 aliphatic rings. The Bertz CT molecular complexity index is 1390. The zero-order valence-electron chi connectivity index (χ0n) is 24.4. The van der Waals surface area contributed by atoms with Gasteiger partial charge in [-0.15, -0.1) is 0 Å². The molecule has 3 aromatic carbocycles. The normalized spacial score (nSPS) is 19.7. The summed E-state index contributed by atoms with van der Waals surface area (Å²) in [6.07, 6.45) is 4.81. The second-order valence-electron chi connectivity index (χ2n) is 10.8. The van der Waals surface area contributed by atoms with Gasteiger partial charge in [0.05, 0.1) is 11.8 Å². The number of benzene rings is 3. The lowest BCUT2D eigenvalue weighted by molar-refractivity contribution is 0.490. The molecule has 3 nitrogen and oxygen atoms in total. The van der Waals surface area contributed by atoms with Crippen molar-refractivity contribution in [2.75, 3.05) is 57.5 Å². The fourth-order valence-electron chi connectivity index (χ4n) is 5.42. The van der Waals surface area contributed by atoms with Gasteiger partial charge < -0.3 is 4.90 Å². The van der Waals surface area contributed by atoms with E-state index < -0.39 is 35.1 Å². The van der Waals surface area contributed by atoms with Gasteiger partial charge in [-0.1, -0.05) is 12.1 Å². The molecule has 0 amide bonds. The van der Waals surface area contributed by atoms with Crippen LogP contribution in [0.15, 0.2) is 59.7 Å². The van der Waals surface area contributed by atoms with Crippen molar-refractivity contribution >= 4 is 52.4 Å². The molecule has 44 heavy (non-hydrogen) atoms. The lowest BCUT2D eigenvalue weighted by Gasteiger charge is -2.27. The van der Waals surface area contributed by atoms with E-state index in [0.29, 0.717) is 6.07 Å². The molecule has 0 spiro atoms. The van der Waals surface area contributed by atoms with Crippen molar-refractivity contribution in [1.29, 1.82) is 0 Å². The number of anilines is 2. The van der Waals surface area contributed by atoms with Crippen LogP contribution >= 0.6 is 35.3 Å². The molecular formula is C33H36F5N3S3. The van der Waals surface area contributed by atoms with Gasteiger partial charge in [-0.25, -0.2) is 22.0 Å². The minimum atomic E-state index is -1.34. The fourth-order valence-corrected chi connectivity index (χ4v) is 8.46. The molecule has 3 aromatic rings. The van der Waals surface area contributed by atoms with Gasteiger partial charge in [-0.3, -0.25) is 5.01 Å². The van der Waals surface area contributed by atoms with Gasteiger partial charge in [-0.05, 0) is 90.0 Å². The van der Waals surface area contributed by atoms with Gasteiger partial charge >= 0.3 is 0 Å². The summed E-state index contributed by atoms with van der Waals surface area (Å²) in [4.78, 5) is 2.40. The largest absolute Gasteiger partial charge is 0.371 e. The first-order chi connectivity index (χ1) is 21.4. The highest BCUT2D eigenvalue weighted by Gasteiger charge is 2.33. The van der Waals surface area contributed by atoms with E-state index in [1.165, 1.54) is 40.9 Å². The van der Waals surface area contributed by atoms with E-state index in [-0.39, 0.29) is 23.4 Å². The quantitative estimate of drug-likeness (QED) is 0.204. The van der Waals surface area contributed by atoms with Crippen molar-refractivity contribution < 1.29 is 22.0 Å². The van der Waals surface area contributed by atoms with E-state index in [1.54, 1.807) is 0 Å². The molecule has 11 heteroatoms. The Kier molecular flexibility index (Phi) is 12.2. The van der Waals surface area contributed by atoms with Crippen LogP contribution in [0.4, 0.5) is 33.3 Å². The number of hydrazone groups is 1. The lowest BCUT2D eigenvalue weighted by atomic mass is 9.97. The highest BCUT2D eigenvalue weighted by molar-refractivity contribution is 8.00. The monoisotopic (exact) mass is 665 g/mol. The number of nitrogens with zero attached hydrogens (tertiary/aromatic N) is 3. The molecule has 0 aromatic heterocycles. The molecule has 0 aliphatic carbocycles. The second kappa shape index (κ2) is 16.3. The molecular weight excluding hydrogens is 630 g/mol. The van der Waals surface area contributed by atoms with Gasteiger partial charge in [-0.2, -0.15) is 40.4 Å². The average Bonchev–Trinajstić information content (AvgIpc) is 3.44. The molecule has 5 rings (SSSR count). The third-order valence-corrected chi connectivity index (χ3v) is 11.0. The summed E-state index contributed by atoms with van der Waals surface area (Å²) in [5.41, 5.74) is 1.92. The topological polar surface area (TPSA) is 18.8 Å². The summed E-state index contributed by atoms with van der Waals surface area (Å²) in [5, 5.41) is 5.65. The first-order valence-electron chi connectivity index (χ1n) is 14.9. The van der Waals surface area contributed by atoms with Crippen molar-refractivity contribution in [3.63, 3.8) is 0 Å². The van der Waals surface area contributed by atoms with E-state index in [2.05, 4.69) is 21.8 Å². The Morgan fingerprint density at radius 1 is 0.636 bits per heavy atom. The lowest BCUT2D eigenvalue weighted by Crippen LogP contribution is -2.27. The minimum Gasteiger partial charge on any atom is -0.371 e. The SMILES string of the molecule is Fc1cc(F)cc(C2=NN(c3cc(F)cc(F)c3F)C(c3ccc(N4CCCSCCCSCCCSCCC4)cc3)C2)c1. The van der Waals surface area contributed by atoms with Gasteiger partial charge in [0.15, 0.2) is 11.6 Å². The van der Waals surface area contributed by atoms with Crippen LogP contribution in [0.1, 0.15) is 49.3 Å². The van der Waals surface area contributed by atoms with Crippen LogP contribution in [0.25, 0.3) is 0 Å². The Morgan fingerprint density at radius 2 is 1.18 bits per heavy atom. The summed E-state index contributed by atoms with van der Waals surface area (Å²) >= 11 is 6.10. The maximum absolute atomic E-state index is 15.0. The molecule has 1 saturated heterocycles. The fraction of sp³-hybridized carbons (Fsp3) is 0.424. The van der Waals surface area contributed by atoms with E-state index in [4.69, 9.17) is 0 Å². The summed E-state index contributed by atoms with van der Waals surface area (Å²) < 4.78 is 71.6. The van der Waals surface area contributed by atoms with Gasteiger partial charge in [0.2, 0.25) is 0 Å². The highest BCUT2D eigenvalue weighted by Crippen LogP contribution is 2.39. The third kappa shape index (κ3) is 8.88. The second-order valence-corrected chi connectivity index (χ2v) is 14.5. The van der Waals surface area contributed by atoms with Crippen molar-refractivity contribution in [2.24, 2.45) is 5.10 Å². The van der Waals surface area contributed by atoms with Crippen LogP contribution in [0, 0.1) is 29.1 Å². The van der Waals surface area contributed by atoms with Crippen LogP contribution in [0.5, 0.6) is 0 Å². The molecule has 0 radical (unpaired) electrons. The molecule has 0 N–H and O–H groups in total. The zero-order valence-corrected chi connectivity index (χ0v) is 26.9.